The number of benzene rings is 4. The number of epoxide rings is 1. The predicted octanol–water partition coefficient (Wildman–Crippen LogP) is 7.92. The lowest BCUT2D eigenvalue weighted by Crippen LogP contribution is -2.01. The first-order chi connectivity index (χ1) is 17.9. The molecule has 1 saturated heterocycles. The molecule has 0 radical (unpaired) electrons. The van der Waals surface area contributed by atoms with Gasteiger partial charge in [0.05, 0.1) is 12.7 Å². The second-order valence-corrected chi connectivity index (χ2v) is 9.21. The fourth-order valence-electron chi connectivity index (χ4n) is 4.34. The van der Waals surface area contributed by atoms with Crippen LogP contribution < -0.4 is 4.74 Å². The van der Waals surface area contributed by atoms with Crippen molar-refractivity contribution >= 4 is 0 Å². The zero-order valence-corrected chi connectivity index (χ0v) is 20.4. The lowest BCUT2D eigenvalue weighted by atomic mass is 9.99. The molecule has 1 fully saturated rings. The van der Waals surface area contributed by atoms with Gasteiger partial charge in [0.2, 0.25) is 5.82 Å². The van der Waals surface area contributed by atoms with Crippen molar-refractivity contribution in [3.8, 4) is 28.0 Å². The van der Waals surface area contributed by atoms with Gasteiger partial charge in [0, 0.05) is 11.1 Å². The van der Waals surface area contributed by atoms with Crippen molar-refractivity contribution < 1.29 is 27.8 Å². The van der Waals surface area contributed by atoms with Gasteiger partial charge in [-0.25, -0.2) is 8.78 Å². The normalized spacial score (nSPS) is 15.4. The molecule has 37 heavy (non-hydrogen) atoms. The molecule has 4 aromatic carbocycles. The summed E-state index contributed by atoms with van der Waals surface area (Å²) in [6.07, 6.45) is 0.897. The summed E-state index contributed by atoms with van der Waals surface area (Å²) in [5.74, 6) is -2.57. The quantitative estimate of drug-likeness (QED) is 0.235. The van der Waals surface area contributed by atoms with Crippen molar-refractivity contribution in [3.05, 3.63) is 113 Å². The number of aliphatic hydroxyl groups excluding tert-OH is 1. The summed E-state index contributed by atoms with van der Waals surface area (Å²) in [5.41, 5.74) is 4.12. The molecule has 0 aromatic heterocycles. The third-order valence-electron chi connectivity index (χ3n) is 6.57. The Bertz CT molecular complexity index is 1380. The molecule has 3 nitrogen and oxygen atoms in total. The van der Waals surface area contributed by atoms with E-state index in [0.29, 0.717) is 29.7 Å². The topological polar surface area (TPSA) is 42.0 Å². The van der Waals surface area contributed by atoms with E-state index in [1.165, 1.54) is 18.2 Å². The Morgan fingerprint density at radius 1 is 0.865 bits per heavy atom. The van der Waals surface area contributed by atoms with Gasteiger partial charge in [0.1, 0.15) is 18.5 Å². The lowest BCUT2D eigenvalue weighted by molar-refractivity contribution is 0.166. The second-order valence-electron chi connectivity index (χ2n) is 9.21. The molecule has 6 heteroatoms. The standard InChI is InChI=1S/C31H27F3O3/c1-2-3-27(35)22-10-8-21(9-11-22)25-14-15-28(31(34)30(25)33)36-17-19-4-6-20(7-5-19)24-13-12-23(16-26(24)32)29-18-37-29/h4-16,27,29,35H,2-3,17-18H2,1H3. The zero-order valence-electron chi connectivity index (χ0n) is 20.4. The summed E-state index contributed by atoms with van der Waals surface area (Å²) in [7, 11) is 0. The van der Waals surface area contributed by atoms with E-state index in [-0.39, 0.29) is 29.8 Å². The van der Waals surface area contributed by atoms with Crippen molar-refractivity contribution in [1.29, 1.82) is 0 Å². The van der Waals surface area contributed by atoms with E-state index in [0.717, 1.165) is 23.1 Å². The lowest BCUT2D eigenvalue weighted by Gasteiger charge is -2.13. The third kappa shape index (κ3) is 5.55. The van der Waals surface area contributed by atoms with Crippen molar-refractivity contribution in [3.63, 3.8) is 0 Å². The first kappa shape index (κ1) is 25.1. The Hall–Kier alpha value is -3.61. The summed E-state index contributed by atoms with van der Waals surface area (Å²) in [6.45, 7) is 2.64. The van der Waals surface area contributed by atoms with Gasteiger partial charge in [-0.3, -0.25) is 0 Å². The van der Waals surface area contributed by atoms with Crippen molar-refractivity contribution in [2.45, 2.75) is 38.6 Å². The first-order valence-electron chi connectivity index (χ1n) is 12.3. The number of aliphatic hydroxyl groups is 1. The smallest absolute Gasteiger partial charge is 0.201 e. The van der Waals surface area contributed by atoms with Crippen LogP contribution in [-0.4, -0.2) is 11.7 Å². The van der Waals surface area contributed by atoms with Crippen LogP contribution in [0.1, 0.15) is 48.7 Å². The molecule has 0 spiro atoms. The average molecular weight is 505 g/mol. The van der Waals surface area contributed by atoms with Crippen LogP contribution in [0.2, 0.25) is 0 Å². The van der Waals surface area contributed by atoms with E-state index >= 15 is 0 Å². The Balaban J connectivity index is 1.25. The Morgan fingerprint density at radius 2 is 1.51 bits per heavy atom. The van der Waals surface area contributed by atoms with Gasteiger partial charge in [0.25, 0.3) is 0 Å². The van der Waals surface area contributed by atoms with E-state index in [1.807, 2.05) is 13.0 Å². The van der Waals surface area contributed by atoms with E-state index in [1.54, 1.807) is 54.6 Å². The third-order valence-corrected chi connectivity index (χ3v) is 6.57. The summed E-state index contributed by atoms with van der Waals surface area (Å²) in [4.78, 5) is 0. The summed E-state index contributed by atoms with van der Waals surface area (Å²) in [5, 5.41) is 10.1. The zero-order chi connectivity index (χ0) is 25.9. The number of hydrogen-bond acceptors (Lipinski definition) is 3. The van der Waals surface area contributed by atoms with E-state index in [4.69, 9.17) is 9.47 Å². The molecule has 1 aliphatic rings. The summed E-state index contributed by atoms with van der Waals surface area (Å²) >= 11 is 0. The fraction of sp³-hybridized carbons (Fsp3) is 0.226. The molecule has 0 bridgehead atoms. The van der Waals surface area contributed by atoms with Gasteiger partial charge in [-0.1, -0.05) is 74.0 Å². The molecule has 0 amide bonds. The monoisotopic (exact) mass is 504 g/mol. The molecular weight excluding hydrogens is 477 g/mol. The fourth-order valence-corrected chi connectivity index (χ4v) is 4.34. The van der Waals surface area contributed by atoms with Gasteiger partial charge in [0.15, 0.2) is 11.6 Å². The Morgan fingerprint density at radius 3 is 2.16 bits per heavy atom. The largest absolute Gasteiger partial charge is 0.486 e. The van der Waals surface area contributed by atoms with Crippen LogP contribution in [0, 0.1) is 17.5 Å². The number of hydrogen-bond donors (Lipinski definition) is 1. The minimum atomic E-state index is -1.06. The number of halogens is 3. The molecule has 5 rings (SSSR count). The highest BCUT2D eigenvalue weighted by Gasteiger charge is 2.25. The Labute approximate surface area is 214 Å². The maximum atomic E-state index is 14.9. The highest BCUT2D eigenvalue weighted by molar-refractivity contribution is 5.66. The van der Waals surface area contributed by atoms with Crippen LogP contribution in [0.3, 0.4) is 0 Å². The van der Waals surface area contributed by atoms with E-state index in [2.05, 4.69) is 0 Å². The molecule has 1 aliphatic heterocycles. The molecule has 2 atom stereocenters. The predicted molar refractivity (Wildman–Crippen MR) is 137 cm³/mol. The molecule has 0 aliphatic carbocycles. The molecular formula is C31H27F3O3. The summed E-state index contributed by atoms with van der Waals surface area (Å²) < 4.78 is 55.0. The maximum absolute atomic E-state index is 14.9. The second kappa shape index (κ2) is 10.8. The molecule has 190 valence electrons. The minimum absolute atomic E-state index is 0.00695. The van der Waals surface area contributed by atoms with Crippen LogP contribution in [0.5, 0.6) is 5.75 Å². The first-order valence-corrected chi connectivity index (χ1v) is 12.3. The van der Waals surface area contributed by atoms with Crippen LogP contribution in [0.4, 0.5) is 13.2 Å². The maximum Gasteiger partial charge on any atom is 0.201 e. The molecule has 2 unspecified atom stereocenters. The number of ether oxygens (including phenoxy) is 2. The van der Waals surface area contributed by atoms with Gasteiger partial charge < -0.3 is 14.6 Å². The molecule has 4 aromatic rings. The van der Waals surface area contributed by atoms with E-state index < -0.39 is 17.7 Å². The van der Waals surface area contributed by atoms with Crippen molar-refractivity contribution in [2.75, 3.05) is 6.61 Å². The van der Waals surface area contributed by atoms with Gasteiger partial charge in [-0.15, -0.1) is 0 Å². The average Bonchev–Trinajstić information content (AvgIpc) is 3.76. The van der Waals surface area contributed by atoms with Crippen LogP contribution >= 0.6 is 0 Å². The van der Waals surface area contributed by atoms with E-state index in [9.17, 15) is 18.3 Å². The van der Waals surface area contributed by atoms with Crippen molar-refractivity contribution in [1.82, 2.24) is 0 Å². The molecule has 1 N–H and O–H groups in total. The van der Waals surface area contributed by atoms with Gasteiger partial charge in [-0.2, -0.15) is 4.39 Å². The Kier molecular flexibility index (Phi) is 7.31. The summed E-state index contributed by atoms with van der Waals surface area (Å²) in [6, 6.07) is 21.8. The van der Waals surface area contributed by atoms with Gasteiger partial charge >= 0.3 is 0 Å². The molecule has 0 saturated carbocycles. The van der Waals surface area contributed by atoms with Crippen LogP contribution in [0.25, 0.3) is 22.3 Å². The minimum Gasteiger partial charge on any atom is -0.486 e. The highest BCUT2D eigenvalue weighted by Crippen LogP contribution is 2.34. The SMILES string of the molecule is CCCC(O)c1ccc(-c2ccc(OCc3ccc(-c4ccc(C5CO5)cc4F)cc3)c(F)c2F)cc1. The van der Waals surface area contributed by atoms with Crippen LogP contribution in [0.15, 0.2) is 78.9 Å². The van der Waals surface area contributed by atoms with Gasteiger partial charge in [-0.05, 0) is 52.4 Å². The molecule has 1 heterocycles. The van der Waals surface area contributed by atoms with Crippen molar-refractivity contribution in [2.24, 2.45) is 0 Å². The highest BCUT2D eigenvalue weighted by atomic mass is 19.2. The van der Waals surface area contributed by atoms with Crippen LogP contribution in [-0.2, 0) is 11.3 Å². The number of rotatable bonds is 9.